The lowest BCUT2D eigenvalue weighted by atomic mass is 9.66. The number of anilines is 1. The number of carbonyl (C=O) groups is 1. The van der Waals surface area contributed by atoms with Crippen LogP contribution in [0.25, 0.3) is 0 Å². The van der Waals surface area contributed by atoms with Crippen LogP contribution in [0.5, 0.6) is 0 Å². The highest BCUT2D eigenvalue weighted by molar-refractivity contribution is 6.30. The highest BCUT2D eigenvalue weighted by Gasteiger charge is 2.48. The van der Waals surface area contributed by atoms with Gasteiger partial charge in [0.05, 0.1) is 17.8 Å². The number of nitriles is 1. The zero-order valence-electron chi connectivity index (χ0n) is 16.1. The fourth-order valence-electron chi connectivity index (χ4n) is 4.12. The number of nitrogens with zero attached hydrogens (tertiary/aromatic N) is 1. The molecule has 5 heteroatoms. The van der Waals surface area contributed by atoms with E-state index in [4.69, 9.17) is 16.9 Å². The minimum atomic E-state index is -0.931. The van der Waals surface area contributed by atoms with Gasteiger partial charge in [-0.3, -0.25) is 4.79 Å². The van der Waals surface area contributed by atoms with Crippen molar-refractivity contribution in [3.8, 4) is 6.07 Å². The number of carbonyl (C=O) groups excluding carboxylic acids is 1. The predicted octanol–water partition coefficient (Wildman–Crippen LogP) is 6.00. The summed E-state index contributed by atoms with van der Waals surface area (Å²) in [6.45, 7) is 3.05. The smallest absolute Gasteiger partial charge is 0.221 e. The molecule has 146 valence electrons. The van der Waals surface area contributed by atoms with Crippen LogP contribution >= 0.6 is 11.6 Å². The molecule has 0 radical (unpaired) electrons. The van der Waals surface area contributed by atoms with Crippen molar-refractivity contribution in [2.45, 2.75) is 51.1 Å². The predicted molar refractivity (Wildman–Crippen MR) is 110 cm³/mol. The molecule has 2 atom stereocenters. The summed E-state index contributed by atoms with van der Waals surface area (Å²) in [6, 6.07) is 15.1. The second-order valence-corrected chi connectivity index (χ2v) is 8.06. The Morgan fingerprint density at radius 3 is 2.54 bits per heavy atom. The Kier molecular flexibility index (Phi) is 6.05. The Labute approximate surface area is 170 Å². The van der Waals surface area contributed by atoms with Crippen molar-refractivity contribution in [1.82, 2.24) is 0 Å². The molecule has 2 aromatic carbocycles. The number of halogens is 2. The normalized spacial score (nSPS) is 16.7. The van der Waals surface area contributed by atoms with E-state index >= 15 is 0 Å². The van der Waals surface area contributed by atoms with Gasteiger partial charge in [0.25, 0.3) is 0 Å². The standard InChI is InChI=1S/C23H24ClFN2O/c1-15(25)11-12-23(19-7-8-19,18-5-3-17(14-26)4-6-18)21-13-20(24)9-10-22(21)27-16(2)28/h3-6,9-10,13,15,19H,7-8,11-12H2,1-2H3,(H,27,28). The highest BCUT2D eigenvalue weighted by atomic mass is 35.5. The fourth-order valence-corrected chi connectivity index (χ4v) is 4.30. The van der Waals surface area contributed by atoms with Crippen LogP contribution < -0.4 is 5.32 Å². The van der Waals surface area contributed by atoms with Gasteiger partial charge in [0.2, 0.25) is 5.91 Å². The fraction of sp³-hybridized carbons (Fsp3) is 0.391. The summed E-state index contributed by atoms with van der Waals surface area (Å²) in [5.41, 5.74) is 2.78. The maximum Gasteiger partial charge on any atom is 0.221 e. The monoisotopic (exact) mass is 398 g/mol. The van der Waals surface area contributed by atoms with Crippen LogP contribution in [0.15, 0.2) is 42.5 Å². The van der Waals surface area contributed by atoms with E-state index < -0.39 is 11.6 Å². The van der Waals surface area contributed by atoms with Gasteiger partial charge >= 0.3 is 0 Å². The Morgan fingerprint density at radius 1 is 1.32 bits per heavy atom. The molecule has 1 aliphatic carbocycles. The van der Waals surface area contributed by atoms with Crippen molar-refractivity contribution < 1.29 is 9.18 Å². The molecule has 0 saturated heterocycles. The molecule has 2 unspecified atom stereocenters. The summed E-state index contributed by atoms with van der Waals surface area (Å²) in [5, 5.41) is 12.7. The maximum absolute atomic E-state index is 13.9. The van der Waals surface area contributed by atoms with Crippen LogP contribution in [-0.4, -0.2) is 12.1 Å². The minimum Gasteiger partial charge on any atom is -0.326 e. The van der Waals surface area contributed by atoms with Gasteiger partial charge in [0, 0.05) is 23.0 Å². The maximum atomic E-state index is 13.9. The largest absolute Gasteiger partial charge is 0.326 e. The number of alkyl halides is 1. The van der Waals surface area contributed by atoms with Crippen molar-refractivity contribution in [1.29, 1.82) is 5.26 Å². The molecule has 1 saturated carbocycles. The van der Waals surface area contributed by atoms with Gasteiger partial charge in [0.1, 0.15) is 0 Å². The molecule has 0 aromatic heterocycles. The molecule has 1 aliphatic rings. The van der Waals surface area contributed by atoms with Crippen molar-refractivity contribution in [2.24, 2.45) is 5.92 Å². The zero-order valence-corrected chi connectivity index (χ0v) is 16.9. The Hall–Kier alpha value is -2.38. The van der Waals surface area contributed by atoms with Gasteiger partial charge in [-0.1, -0.05) is 23.7 Å². The van der Waals surface area contributed by atoms with Crippen LogP contribution in [0.4, 0.5) is 10.1 Å². The van der Waals surface area contributed by atoms with Crippen molar-refractivity contribution in [2.75, 3.05) is 5.32 Å². The number of rotatable bonds is 7. The van der Waals surface area contributed by atoms with Crippen molar-refractivity contribution >= 4 is 23.2 Å². The van der Waals surface area contributed by atoms with E-state index in [-0.39, 0.29) is 5.91 Å². The van der Waals surface area contributed by atoms with E-state index in [2.05, 4.69) is 11.4 Å². The first-order chi connectivity index (χ1) is 13.4. The van der Waals surface area contributed by atoms with Crippen LogP contribution in [-0.2, 0) is 10.2 Å². The molecule has 0 heterocycles. The van der Waals surface area contributed by atoms with Crippen LogP contribution in [0, 0.1) is 17.2 Å². The number of benzene rings is 2. The lowest BCUT2D eigenvalue weighted by Crippen LogP contribution is -2.33. The zero-order chi connectivity index (χ0) is 20.3. The number of amides is 1. The van der Waals surface area contributed by atoms with Crippen LogP contribution in [0.2, 0.25) is 5.02 Å². The summed E-state index contributed by atoms with van der Waals surface area (Å²) < 4.78 is 13.9. The summed E-state index contributed by atoms with van der Waals surface area (Å²) in [7, 11) is 0. The minimum absolute atomic E-state index is 0.160. The second-order valence-electron chi connectivity index (χ2n) is 7.63. The van der Waals surface area contributed by atoms with E-state index in [0.717, 1.165) is 24.0 Å². The Balaban J connectivity index is 2.22. The van der Waals surface area contributed by atoms with Gasteiger partial charge in [-0.05, 0) is 80.0 Å². The lowest BCUT2D eigenvalue weighted by Gasteiger charge is -2.38. The Morgan fingerprint density at radius 2 is 2.00 bits per heavy atom. The third kappa shape index (κ3) is 4.20. The van der Waals surface area contributed by atoms with Gasteiger partial charge in [-0.15, -0.1) is 0 Å². The molecule has 3 rings (SSSR count). The van der Waals surface area contributed by atoms with E-state index in [1.165, 1.54) is 6.92 Å². The third-order valence-electron chi connectivity index (χ3n) is 5.51. The molecule has 0 spiro atoms. The molecule has 0 aliphatic heterocycles. The van der Waals surface area contributed by atoms with Crippen molar-refractivity contribution in [3.05, 3.63) is 64.2 Å². The number of nitrogens with one attached hydrogen (secondary N) is 1. The molecule has 0 bridgehead atoms. The first-order valence-electron chi connectivity index (χ1n) is 9.59. The molecule has 28 heavy (non-hydrogen) atoms. The average molecular weight is 399 g/mol. The molecule has 1 amide bonds. The Bertz CT molecular complexity index is 900. The molecule has 3 nitrogen and oxygen atoms in total. The van der Waals surface area contributed by atoms with Crippen LogP contribution in [0.1, 0.15) is 56.2 Å². The third-order valence-corrected chi connectivity index (χ3v) is 5.75. The molecule has 1 fully saturated rings. The summed E-state index contributed by atoms with van der Waals surface area (Å²) >= 11 is 6.35. The lowest BCUT2D eigenvalue weighted by molar-refractivity contribution is -0.114. The molecule has 1 N–H and O–H groups in total. The summed E-state index contributed by atoms with van der Waals surface area (Å²) in [6.07, 6.45) is 2.15. The summed E-state index contributed by atoms with van der Waals surface area (Å²) in [4.78, 5) is 11.8. The molecular weight excluding hydrogens is 375 g/mol. The van der Waals surface area contributed by atoms with E-state index in [1.807, 2.05) is 24.3 Å². The van der Waals surface area contributed by atoms with Crippen LogP contribution in [0.3, 0.4) is 0 Å². The second kappa shape index (κ2) is 8.32. The SMILES string of the molecule is CC(=O)Nc1ccc(Cl)cc1C(CCC(C)F)(c1ccc(C#N)cc1)C1CC1. The van der Waals surface area contributed by atoms with E-state index in [1.54, 1.807) is 25.1 Å². The molecule has 2 aromatic rings. The first-order valence-corrected chi connectivity index (χ1v) is 9.97. The topological polar surface area (TPSA) is 52.9 Å². The van der Waals surface area contributed by atoms with Gasteiger partial charge in [0.15, 0.2) is 0 Å². The quantitative estimate of drug-likeness (QED) is 0.621. The first kappa shape index (κ1) is 20.4. The summed E-state index contributed by atoms with van der Waals surface area (Å²) in [5.74, 6) is 0.178. The molecular formula is C23H24ClFN2O. The number of hydrogen-bond acceptors (Lipinski definition) is 2. The van der Waals surface area contributed by atoms with E-state index in [0.29, 0.717) is 35.0 Å². The number of hydrogen-bond donors (Lipinski definition) is 1. The van der Waals surface area contributed by atoms with Gasteiger partial charge in [-0.2, -0.15) is 5.26 Å². The highest BCUT2D eigenvalue weighted by Crippen LogP contribution is 2.56. The van der Waals surface area contributed by atoms with E-state index in [9.17, 15) is 9.18 Å². The average Bonchev–Trinajstić information content (AvgIpc) is 3.50. The van der Waals surface area contributed by atoms with Gasteiger partial charge < -0.3 is 5.32 Å². The van der Waals surface area contributed by atoms with Gasteiger partial charge in [-0.25, -0.2) is 4.39 Å². The van der Waals surface area contributed by atoms with Crippen molar-refractivity contribution in [3.63, 3.8) is 0 Å².